The van der Waals surface area contributed by atoms with Gasteiger partial charge in [-0.25, -0.2) is 0 Å². The van der Waals surface area contributed by atoms with Gasteiger partial charge in [-0.15, -0.1) is 0 Å². The molecule has 8 heteroatoms. The monoisotopic (exact) mass is 290 g/mol. The van der Waals surface area contributed by atoms with E-state index in [9.17, 15) is 18.0 Å². The molecule has 1 aliphatic rings. The Labute approximate surface area is 114 Å². The Hall–Kier alpha value is -1.57. The van der Waals surface area contributed by atoms with Gasteiger partial charge in [0, 0.05) is 25.8 Å². The number of alkyl halides is 3. The molecule has 0 aromatic carbocycles. The van der Waals surface area contributed by atoms with Crippen LogP contribution in [0.25, 0.3) is 0 Å². The van der Waals surface area contributed by atoms with E-state index < -0.39 is 24.2 Å². The summed E-state index contributed by atoms with van der Waals surface area (Å²) in [5.41, 5.74) is 6.28. The second-order valence-electron chi connectivity index (χ2n) is 5.14. The summed E-state index contributed by atoms with van der Waals surface area (Å²) in [6.45, 7) is -0.0523. The molecular weight excluding hydrogens is 273 g/mol. The third kappa shape index (κ3) is 3.30. The van der Waals surface area contributed by atoms with E-state index in [1.807, 2.05) is 0 Å². The molecule has 1 aromatic rings. The van der Waals surface area contributed by atoms with Crippen molar-refractivity contribution in [1.29, 1.82) is 0 Å². The van der Waals surface area contributed by atoms with Crippen molar-refractivity contribution in [1.82, 2.24) is 14.7 Å². The molecule has 0 radical (unpaired) electrons. The van der Waals surface area contributed by atoms with Crippen LogP contribution in [0.2, 0.25) is 0 Å². The highest BCUT2D eigenvalue weighted by Gasteiger charge is 2.47. The van der Waals surface area contributed by atoms with Crippen LogP contribution in [0.15, 0.2) is 12.4 Å². The summed E-state index contributed by atoms with van der Waals surface area (Å²) >= 11 is 0. The Balaban J connectivity index is 2.11. The minimum absolute atomic E-state index is 0.0523. The van der Waals surface area contributed by atoms with Gasteiger partial charge in [0.05, 0.1) is 12.6 Å². The van der Waals surface area contributed by atoms with E-state index in [0.29, 0.717) is 5.56 Å². The van der Waals surface area contributed by atoms with Gasteiger partial charge in [-0.05, 0) is 18.4 Å². The van der Waals surface area contributed by atoms with Crippen molar-refractivity contribution >= 4 is 5.91 Å². The predicted molar refractivity (Wildman–Crippen MR) is 65.7 cm³/mol. The largest absolute Gasteiger partial charge is 0.408 e. The first-order valence-corrected chi connectivity index (χ1v) is 6.36. The molecule has 20 heavy (non-hydrogen) atoms. The summed E-state index contributed by atoms with van der Waals surface area (Å²) in [4.78, 5) is 13.0. The van der Waals surface area contributed by atoms with Gasteiger partial charge >= 0.3 is 6.18 Å². The Morgan fingerprint density at radius 3 is 2.75 bits per heavy atom. The molecule has 0 spiro atoms. The van der Waals surface area contributed by atoms with E-state index in [0.717, 1.165) is 4.90 Å². The average Bonchev–Trinajstić information content (AvgIpc) is 2.73. The highest BCUT2D eigenvalue weighted by molar-refractivity contribution is 5.79. The molecule has 1 fully saturated rings. The molecule has 2 atom stereocenters. The third-order valence-electron chi connectivity index (χ3n) is 3.43. The maximum Gasteiger partial charge on any atom is 0.408 e. The van der Waals surface area contributed by atoms with Crippen molar-refractivity contribution in [3.63, 3.8) is 0 Å². The number of nitrogens with two attached hydrogens (primary N) is 1. The zero-order valence-electron chi connectivity index (χ0n) is 11.1. The molecule has 2 rings (SSSR count). The molecule has 5 nitrogen and oxygen atoms in total. The van der Waals surface area contributed by atoms with E-state index in [-0.39, 0.29) is 25.8 Å². The van der Waals surface area contributed by atoms with Crippen LogP contribution in [0.1, 0.15) is 18.4 Å². The van der Waals surface area contributed by atoms with E-state index in [1.165, 1.54) is 10.9 Å². The molecule has 1 amide bonds. The van der Waals surface area contributed by atoms with Crippen LogP contribution in [0.4, 0.5) is 13.2 Å². The lowest BCUT2D eigenvalue weighted by atomic mass is 9.97. The molecule has 0 bridgehead atoms. The van der Waals surface area contributed by atoms with Gasteiger partial charge in [0.15, 0.2) is 0 Å². The molecule has 1 aromatic heterocycles. The summed E-state index contributed by atoms with van der Waals surface area (Å²) in [6.07, 6.45) is -1.27. The van der Waals surface area contributed by atoms with E-state index in [4.69, 9.17) is 5.73 Å². The second kappa shape index (κ2) is 5.43. The Kier molecular flexibility index (Phi) is 4.03. The fourth-order valence-electron chi connectivity index (χ4n) is 2.45. The minimum atomic E-state index is -4.41. The fourth-order valence-corrected chi connectivity index (χ4v) is 2.45. The van der Waals surface area contributed by atoms with Crippen LogP contribution in [0.3, 0.4) is 0 Å². The number of aryl methyl sites for hydroxylation is 1. The molecule has 2 heterocycles. The lowest BCUT2D eigenvalue weighted by Crippen LogP contribution is -2.57. The number of piperidine rings is 1. The molecule has 2 N–H and O–H groups in total. The highest BCUT2D eigenvalue weighted by atomic mass is 19.4. The number of aromatic nitrogens is 2. The van der Waals surface area contributed by atoms with Crippen molar-refractivity contribution in [3.05, 3.63) is 18.0 Å². The van der Waals surface area contributed by atoms with Gasteiger partial charge in [0.2, 0.25) is 5.91 Å². The molecule has 0 saturated carbocycles. The van der Waals surface area contributed by atoms with E-state index in [1.54, 1.807) is 13.2 Å². The Bertz CT molecular complexity index is 485. The van der Waals surface area contributed by atoms with Gasteiger partial charge < -0.3 is 10.6 Å². The third-order valence-corrected chi connectivity index (χ3v) is 3.43. The lowest BCUT2D eigenvalue weighted by Gasteiger charge is -2.39. The summed E-state index contributed by atoms with van der Waals surface area (Å²) in [7, 11) is 1.68. The zero-order chi connectivity index (χ0) is 14.9. The number of carbonyl (C=O) groups is 1. The predicted octanol–water partition coefficient (Wildman–Crippen LogP) is 0.843. The van der Waals surface area contributed by atoms with Crippen molar-refractivity contribution in [2.75, 3.05) is 6.54 Å². The minimum Gasteiger partial charge on any atom is -0.329 e. The first-order chi connectivity index (χ1) is 9.27. The molecular formula is C12H17F3N4O. The van der Waals surface area contributed by atoms with Crippen LogP contribution in [0.5, 0.6) is 0 Å². The van der Waals surface area contributed by atoms with E-state index >= 15 is 0 Å². The van der Waals surface area contributed by atoms with Gasteiger partial charge in [-0.1, -0.05) is 0 Å². The summed E-state index contributed by atoms with van der Waals surface area (Å²) in [5, 5.41) is 3.90. The number of hydrogen-bond acceptors (Lipinski definition) is 3. The summed E-state index contributed by atoms with van der Waals surface area (Å²) < 4.78 is 40.4. The number of rotatable bonds is 2. The number of carbonyl (C=O) groups excluding carboxylic acids is 1. The van der Waals surface area contributed by atoms with Crippen molar-refractivity contribution in [3.8, 4) is 0 Å². The lowest BCUT2D eigenvalue weighted by molar-refractivity contribution is -0.196. The van der Waals surface area contributed by atoms with Crippen molar-refractivity contribution in [2.45, 2.75) is 37.5 Å². The van der Waals surface area contributed by atoms with Gasteiger partial charge in [-0.2, -0.15) is 18.3 Å². The van der Waals surface area contributed by atoms with Crippen molar-refractivity contribution < 1.29 is 18.0 Å². The first-order valence-electron chi connectivity index (χ1n) is 6.36. The second-order valence-corrected chi connectivity index (χ2v) is 5.14. The summed E-state index contributed by atoms with van der Waals surface area (Å²) in [6, 6.07) is -2.13. The molecule has 112 valence electrons. The Morgan fingerprint density at radius 2 is 2.20 bits per heavy atom. The van der Waals surface area contributed by atoms with Crippen LogP contribution < -0.4 is 5.73 Å². The van der Waals surface area contributed by atoms with Crippen LogP contribution >= 0.6 is 0 Å². The number of likely N-dealkylation sites (tertiary alicyclic amines) is 1. The molecule has 1 aliphatic heterocycles. The maximum atomic E-state index is 13.0. The fraction of sp³-hybridized carbons (Fsp3) is 0.667. The van der Waals surface area contributed by atoms with Gasteiger partial charge in [0.25, 0.3) is 0 Å². The topological polar surface area (TPSA) is 64.2 Å². The van der Waals surface area contributed by atoms with Crippen LogP contribution in [0, 0.1) is 0 Å². The molecule has 0 aliphatic carbocycles. The quantitative estimate of drug-likeness (QED) is 0.878. The standard InChI is InChI=1S/C12H17F3N4O/c1-18-6-8(5-17-18)4-11(20)19-7-9(16)2-3-10(19)12(13,14)15/h5-6,9-10H,2-4,7,16H2,1H3/t9-,10-/m0/s1. The maximum absolute atomic E-state index is 13.0. The van der Waals surface area contributed by atoms with Crippen LogP contribution in [-0.2, 0) is 18.3 Å². The number of amides is 1. The highest BCUT2D eigenvalue weighted by Crippen LogP contribution is 2.31. The van der Waals surface area contributed by atoms with Crippen molar-refractivity contribution in [2.24, 2.45) is 12.8 Å². The summed E-state index contributed by atoms with van der Waals surface area (Å²) in [5.74, 6) is -0.560. The number of hydrogen-bond donors (Lipinski definition) is 1. The van der Waals surface area contributed by atoms with E-state index in [2.05, 4.69) is 5.10 Å². The SMILES string of the molecule is Cn1cc(CC(=O)N2C[C@@H](N)CC[C@H]2C(F)(F)F)cn1. The Morgan fingerprint density at radius 1 is 1.50 bits per heavy atom. The number of nitrogens with zero attached hydrogens (tertiary/aromatic N) is 3. The number of halogens is 3. The molecule has 1 saturated heterocycles. The normalized spacial score (nSPS) is 23.9. The molecule has 0 unspecified atom stereocenters. The average molecular weight is 290 g/mol. The van der Waals surface area contributed by atoms with Gasteiger partial charge in [0.1, 0.15) is 6.04 Å². The first kappa shape index (κ1) is 14.8. The van der Waals surface area contributed by atoms with Gasteiger partial charge in [-0.3, -0.25) is 9.48 Å². The smallest absolute Gasteiger partial charge is 0.329 e. The van der Waals surface area contributed by atoms with Crippen LogP contribution in [-0.4, -0.2) is 45.4 Å². The zero-order valence-corrected chi connectivity index (χ0v) is 11.1.